The highest BCUT2D eigenvalue weighted by atomic mass is 14.6. The zero-order valence-electron chi connectivity index (χ0n) is 8.67. The molecule has 1 heterocycles. The lowest BCUT2D eigenvalue weighted by atomic mass is 9.73. The van der Waals surface area contributed by atoms with Crippen molar-refractivity contribution in [2.24, 2.45) is 5.41 Å². The Balaban J connectivity index is 2.37. The maximum absolute atomic E-state index is 4.07. The molecule has 13 heavy (non-hydrogen) atoms. The molecule has 0 unspecified atom stereocenters. The molecule has 1 aromatic heterocycles. The topological polar surface area (TPSA) is 12.9 Å². The first-order chi connectivity index (χ1) is 6.06. The SMILES string of the molecule is CC(C)(C)C1(c2ccncc2)CC1. The molecule has 1 aliphatic carbocycles. The van der Waals surface area contributed by atoms with Gasteiger partial charge in [-0.2, -0.15) is 0 Å². The van der Waals surface area contributed by atoms with Crippen LogP contribution in [0.4, 0.5) is 0 Å². The van der Waals surface area contributed by atoms with E-state index in [4.69, 9.17) is 0 Å². The summed E-state index contributed by atoms with van der Waals surface area (Å²) in [6.07, 6.45) is 6.48. The zero-order chi connectivity index (χ0) is 9.53. The summed E-state index contributed by atoms with van der Waals surface area (Å²) in [5, 5.41) is 0. The minimum Gasteiger partial charge on any atom is -0.265 e. The Morgan fingerprint density at radius 1 is 1.15 bits per heavy atom. The maximum Gasteiger partial charge on any atom is 0.0270 e. The molecule has 0 atom stereocenters. The van der Waals surface area contributed by atoms with Crippen molar-refractivity contribution < 1.29 is 0 Å². The number of aromatic nitrogens is 1. The van der Waals surface area contributed by atoms with Crippen LogP contribution in [-0.2, 0) is 5.41 Å². The van der Waals surface area contributed by atoms with Gasteiger partial charge in [0.15, 0.2) is 0 Å². The summed E-state index contributed by atoms with van der Waals surface area (Å²) >= 11 is 0. The van der Waals surface area contributed by atoms with Crippen molar-refractivity contribution in [1.82, 2.24) is 4.98 Å². The highest BCUT2D eigenvalue weighted by molar-refractivity contribution is 5.32. The average molecular weight is 175 g/mol. The van der Waals surface area contributed by atoms with Crippen LogP contribution in [0.15, 0.2) is 24.5 Å². The van der Waals surface area contributed by atoms with Gasteiger partial charge < -0.3 is 0 Å². The van der Waals surface area contributed by atoms with E-state index in [2.05, 4.69) is 37.9 Å². The van der Waals surface area contributed by atoms with E-state index < -0.39 is 0 Å². The smallest absolute Gasteiger partial charge is 0.0270 e. The largest absolute Gasteiger partial charge is 0.265 e. The van der Waals surface area contributed by atoms with Crippen molar-refractivity contribution in [2.45, 2.75) is 39.0 Å². The summed E-state index contributed by atoms with van der Waals surface area (Å²) in [5.41, 5.74) is 2.29. The van der Waals surface area contributed by atoms with Crippen LogP contribution < -0.4 is 0 Å². The third kappa shape index (κ3) is 1.27. The van der Waals surface area contributed by atoms with Gasteiger partial charge in [-0.25, -0.2) is 0 Å². The second-order valence-corrected chi connectivity index (χ2v) is 5.07. The van der Waals surface area contributed by atoms with Crippen LogP contribution >= 0.6 is 0 Å². The van der Waals surface area contributed by atoms with Crippen molar-refractivity contribution in [3.63, 3.8) is 0 Å². The lowest BCUT2D eigenvalue weighted by Gasteiger charge is -2.31. The predicted octanol–water partition coefficient (Wildman–Crippen LogP) is 3.16. The maximum atomic E-state index is 4.07. The molecule has 0 saturated heterocycles. The number of pyridine rings is 1. The van der Waals surface area contributed by atoms with E-state index in [1.54, 1.807) is 0 Å². The van der Waals surface area contributed by atoms with Gasteiger partial charge in [0.05, 0.1) is 0 Å². The van der Waals surface area contributed by atoms with E-state index in [9.17, 15) is 0 Å². The lowest BCUT2D eigenvalue weighted by molar-refractivity contribution is 0.298. The van der Waals surface area contributed by atoms with Gasteiger partial charge in [0.1, 0.15) is 0 Å². The zero-order valence-corrected chi connectivity index (χ0v) is 8.67. The van der Waals surface area contributed by atoms with E-state index in [0.717, 1.165) is 0 Å². The standard InChI is InChI=1S/C12H17N/c1-11(2,3)12(6-7-12)10-4-8-13-9-5-10/h4-5,8-9H,6-7H2,1-3H3. The molecule has 1 saturated carbocycles. The van der Waals surface area contributed by atoms with Crippen LogP contribution in [-0.4, -0.2) is 4.98 Å². The van der Waals surface area contributed by atoms with E-state index >= 15 is 0 Å². The highest BCUT2D eigenvalue weighted by Gasteiger charge is 2.52. The first kappa shape index (κ1) is 8.74. The number of nitrogens with zero attached hydrogens (tertiary/aromatic N) is 1. The molecule has 70 valence electrons. The van der Waals surface area contributed by atoms with Gasteiger partial charge in [-0.15, -0.1) is 0 Å². The van der Waals surface area contributed by atoms with E-state index in [1.165, 1.54) is 18.4 Å². The Morgan fingerprint density at radius 2 is 1.69 bits per heavy atom. The molecule has 1 heteroatoms. The van der Waals surface area contributed by atoms with Gasteiger partial charge in [0.25, 0.3) is 0 Å². The fraction of sp³-hybridized carbons (Fsp3) is 0.583. The Kier molecular flexibility index (Phi) is 1.73. The Hall–Kier alpha value is -0.850. The third-order valence-electron chi connectivity index (χ3n) is 3.42. The monoisotopic (exact) mass is 175 g/mol. The molecule has 0 radical (unpaired) electrons. The number of rotatable bonds is 1. The summed E-state index contributed by atoms with van der Waals surface area (Å²) in [4.78, 5) is 4.07. The van der Waals surface area contributed by atoms with Gasteiger partial charge in [-0.05, 0) is 36.0 Å². The first-order valence-corrected chi connectivity index (χ1v) is 4.97. The van der Waals surface area contributed by atoms with Crippen molar-refractivity contribution in [1.29, 1.82) is 0 Å². The molecule has 1 nitrogen and oxygen atoms in total. The van der Waals surface area contributed by atoms with E-state index in [1.807, 2.05) is 12.4 Å². The molecular weight excluding hydrogens is 158 g/mol. The highest BCUT2D eigenvalue weighted by Crippen LogP contribution is 2.59. The second-order valence-electron chi connectivity index (χ2n) is 5.07. The molecule has 2 rings (SSSR count). The predicted molar refractivity (Wildman–Crippen MR) is 54.6 cm³/mol. The summed E-state index contributed by atoms with van der Waals surface area (Å²) in [6.45, 7) is 7.00. The van der Waals surface area contributed by atoms with Gasteiger partial charge in [0.2, 0.25) is 0 Å². The van der Waals surface area contributed by atoms with E-state index in [0.29, 0.717) is 10.8 Å². The number of hydrogen-bond acceptors (Lipinski definition) is 1. The van der Waals surface area contributed by atoms with Crippen LogP contribution in [0.5, 0.6) is 0 Å². The molecular formula is C12H17N. The molecule has 1 fully saturated rings. The second kappa shape index (κ2) is 2.57. The van der Waals surface area contributed by atoms with Crippen LogP contribution in [0.2, 0.25) is 0 Å². The van der Waals surface area contributed by atoms with Gasteiger partial charge >= 0.3 is 0 Å². The van der Waals surface area contributed by atoms with Gasteiger partial charge in [-0.1, -0.05) is 20.8 Å². The summed E-state index contributed by atoms with van der Waals surface area (Å²) < 4.78 is 0. The molecule has 0 N–H and O–H groups in total. The average Bonchev–Trinajstić information content (AvgIpc) is 2.84. The molecule has 1 aliphatic rings. The normalized spacial score (nSPS) is 19.9. The lowest BCUT2D eigenvalue weighted by Crippen LogP contribution is -2.25. The molecule has 0 aliphatic heterocycles. The number of hydrogen-bond donors (Lipinski definition) is 0. The molecule has 1 aromatic rings. The first-order valence-electron chi connectivity index (χ1n) is 4.97. The van der Waals surface area contributed by atoms with Crippen LogP contribution in [0, 0.1) is 5.41 Å². The summed E-state index contributed by atoms with van der Waals surface area (Å²) in [6, 6.07) is 4.33. The van der Waals surface area contributed by atoms with Crippen molar-refractivity contribution >= 4 is 0 Å². The Morgan fingerprint density at radius 3 is 2.08 bits per heavy atom. The van der Waals surface area contributed by atoms with Gasteiger partial charge in [-0.3, -0.25) is 4.98 Å². The fourth-order valence-corrected chi connectivity index (χ4v) is 2.27. The van der Waals surface area contributed by atoms with Crippen molar-refractivity contribution in [2.75, 3.05) is 0 Å². The van der Waals surface area contributed by atoms with Crippen molar-refractivity contribution in [3.05, 3.63) is 30.1 Å². The van der Waals surface area contributed by atoms with Gasteiger partial charge in [0, 0.05) is 17.8 Å². The Labute approximate surface area is 80.2 Å². The van der Waals surface area contributed by atoms with Crippen molar-refractivity contribution in [3.8, 4) is 0 Å². The van der Waals surface area contributed by atoms with Crippen LogP contribution in [0.1, 0.15) is 39.2 Å². The summed E-state index contributed by atoms with van der Waals surface area (Å²) in [5.74, 6) is 0. The molecule has 0 spiro atoms. The molecule has 0 bridgehead atoms. The van der Waals surface area contributed by atoms with Crippen LogP contribution in [0.3, 0.4) is 0 Å². The fourth-order valence-electron chi connectivity index (χ4n) is 2.27. The minimum absolute atomic E-state index is 0.383. The molecule has 0 aromatic carbocycles. The Bertz CT molecular complexity index is 291. The quantitative estimate of drug-likeness (QED) is 0.639. The summed E-state index contributed by atoms with van der Waals surface area (Å²) in [7, 11) is 0. The molecule has 0 amide bonds. The minimum atomic E-state index is 0.383. The van der Waals surface area contributed by atoms with Crippen LogP contribution in [0.25, 0.3) is 0 Å². The third-order valence-corrected chi connectivity index (χ3v) is 3.42. The van der Waals surface area contributed by atoms with E-state index in [-0.39, 0.29) is 0 Å².